The lowest BCUT2D eigenvalue weighted by atomic mass is 10.2. The van der Waals surface area contributed by atoms with Crippen molar-refractivity contribution >= 4 is 17.6 Å². The van der Waals surface area contributed by atoms with Gasteiger partial charge in [-0.25, -0.2) is 4.79 Å². The fourth-order valence-electron chi connectivity index (χ4n) is 3.13. The average molecular weight is 338 g/mol. The van der Waals surface area contributed by atoms with E-state index in [0.29, 0.717) is 11.5 Å². The fraction of sp³-hybridized carbons (Fsp3) is 0.263. The first kappa shape index (κ1) is 15.5. The van der Waals surface area contributed by atoms with Crippen molar-refractivity contribution in [3.8, 4) is 11.5 Å². The molecular formula is C19H18N2O4. The van der Waals surface area contributed by atoms with Crippen molar-refractivity contribution in [2.75, 3.05) is 11.7 Å². The summed E-state index contributed by atoms with van der Waals surface area (Å²) < 4.78 is 10.6. The van der Waals surface area contributed by atoms with Crippen LogP contribution in [0.3, 0.4) is 0 Å². The predicted octanol–water partition coefficient (Wildman–Crippen LogP) is 3.08. The molecule has 2 aromatic carbocycles. The number of hydrogen-bond acceptors (Lipinski definition) is 4. The molecule has 0 bridgehead atoms. The van der Waals surface area contributed by atoms with Crippen LogP contribution in [0.2, 0.25) is 0 Å². The van der Waals surface area contributed by atoms with E-state index in [9.17, 15) is 9.59 Å². The highest BCUT2D eigenvalue weighted by Crippen LogP contribution is 2.34. The molecule has 25 heavy (non-hydrogen) atoms. The number of urea groups is 1. The Morgan fingerprint density at radius 3 is 2.52 bits per heavy atom. The van der Waals surface area contributed by atoms with Gasteiger partial charge in [0.15, 0.2) is 11.5 Å². The molecule has 0 aromatic heterocycles. The summed E-state index contributed by atoms with van der Waals surface area (Å²) in [6, 6.07) is 12.2. The molecule has 1 atom stereocenters. The summed E-state index contributed by atoms with van der Waals surface area (Å²) in [7, 11) is 0. The van der Waals surface area contributed by atoms with Gasteiger partial charge in [0.1, 0.15) is 6.04 Å². The Kier molecular flexibility index (Phi) is 3.60. The molecule has 0 N–H and O–H groups in total. The van der Waals surface area contributed by atoms with Crippen LogP contribution in [0.5, 0.6) is 11.5 Å². The number of aryl methyl sites for hydroxylation is 1. The second-order valence-corrected chi connectivity index (χ2v) is 6.28. The molecule has 2 aliphatic rings. The molecule has 2 heterocycles. The van der Waals surface area contributed by atoms with Crippen molar-refractivity contribution in [2.45, 2.75) is 26.4 Å². The molecule has 4 rings (SSSR count). The zero-order valence-electron chi connectivity index (χ0n) is 14.1. The molecule has 6 heteroatoms. The van der Waals surface area contributed by atoms with Gasteiger partial charge in [0, 0.05) is 5.69 Å². The first-order valence-electron chi connectivity index (χ1n) is 8.14. The Morgan fingerprint density at radius 1 is 1.04 bits per heavy atom. The van der Waals surface area contributed by atoms with Crippen LogP contribution in [-0.2, 0) is 11.3 Å². The van der Waals surface area contributed by atoms with E-state index < -0.39 is 6.04 Å². The lowest BCUT2D eigenvalue weighted by molar-refractivity contribution is -0.127. The predicted molar refractivity (Wildman–Crippen MR) is 91.6 cm³/mol. The number of imide groups is 1. The number of nitrogens with zero attached hydrogens (tertiary/aromatic N) is 2. The van der Waals surface area contributed by atoms with Gasteiger partial charge in [0.05, 0.1) is 6.54 Å². The second-order valence-electron chi connectivity index (χ2n) is 6.28. The van der Waals surface area contributed by atoms with Crippen molar-refractivity contribution in [2.24, 2.45) is 0 Å². The molecule has 1 fully saturated rings. The lowest BCUT2D eigenvalue weighted by Gasteiger charge is -2.19. The highest BCUT2D eigenvalue weighted by molar-refractivity contribution is 6.13. The number of amides is 3. The fourth-order valence-corrected chi connectivity index (χ4v) is 3.13. The summed E-state index contributed by atoms with van der Waals surface area (Å²) in [5.74, 6) is 1.11. The lowest BCUT2D eigenvalue weighted by Crippen LogP contribution is -2.33. The largest absolute Gasteiger partial charge is 0.454 e. The number of ether oxygens (including phenoxy) is 2. The minimum absolute atomic E-state index is 0.193. The molecule has 0 unspecified atom stereocenters. The maximum atomic E-state index is 12.8. The summed E-state index contributed by atoms with van der Waals surface area (Å²) in [6.45, 7) is 4.13. The van der Waals surface area contributed by atoms with E-state index in [1.807, 2.05) is 43.3 Å². The van der Waals surface area contributed by atoms with Crippen LogP contribution in [-0.4, -0.2) is 29.7 Å². The molecule has 0 radical (unpaired) electrons. The third kappa shape index (κ3) is 2.59. The zero-order chi connectivity index (χ0) is 17.6. The maximum absolute atomic E-state index is 12.8. The number of benzene rings is 2. The molecule has 1 saturated heterocycles. The van der Waals surface area contributed by atoms with Crippen molar-refractivity contribution in [1.82, 2.24) is 4.90 Å². The Hall–Kier alpha value is -3.02. The third-order valence-corrected chi connectivity index (χ3v) is 4.54. The number of carbonyl (C=O) groups excluding carboxylic acids is 2. The topological polar surface area (TPSA) is 59.1 Å². The van der Waals surface area contributed by atoms with E-state index in [1.54, 1.807) is 13.0 Å². The van der Waals surface area contributed by atoms with Crippen LogP contribution < -0.4 is 14.4 Å². The van der Waals surface area contributed by atoms with Gasteiger partial charge in [-0.3, -0.25) is 14.6 Å². The first-order chi connectivity index (χ1) is 12.0. The zero-order valence-corrected chi connectivity index (χ0v) is 14.1. The monoisotopic (exact) mass is 338 g/mol. The first-order valence-corrected chi connectivity index (χ1v) is 8.14. The minimum atomic E-state index is -0.524. The van der Waals surface area contributed by atoms with Crippen LogP contribution in [0.25, 0.3) is 0 Å². The Balaban J connectivity index is 1.59. The summed E-state index contributed by atoms with van der Waals surface area (Å²) in [4.78, 5) is 28.3. The van der Waals surface area contributed by atoms with Gasteiger partial charge in [-0.15, -0.1) is 0 Å². The van der Waals surface area contributed by atoms with Crippen LogP contribution in [0.1, 0.15) is 18.1 Å². The molecule has 3 amide bonds. The SMILES string of the molecule is Cc1ccc(N2C(=O)N(Cc3ccc4c(c3)OCO4)C(=O)[C@H]2C)cc1. The van der Waals surface area contributed by atoms with Crippen molar-refractivity contribution in [3.05, 3.63) is 53.6 Å². The molecule has 2 aliphatic heterocycles. The highest BCUT2D eigenvalue weighted by Gasteiger charge is 2.43. The molecule has 0 spiro atoms. The smallest absolute Gasteiger partial charge is 0.332 e. The number of fused-ring (bicyclic) bond motifs is 1. The van der Waals surface area contributed by atoms with Crippen molar-refractivity contribution in [1.29, 1.82) is 0 Å². The minimum Gasteiger partial charge on any atom is -0.454 e. The van der Waals surface area contributed by atoms with Crippen LogP contribution in [0, 0.1) is 6.92 Å². The van der Waals surface area contributed by atoms with Crippen molar-refractivity contribution < 1.29 is 19.1 Å². The molecule has 0 aliphatic carbocycles. The molecule has 6 nitrogen and oxygen atoms in total. The quantitative estimate of drug-likeness (QED) is 0.807. The normalized spacial score (nSPS) is 19.0. The number of rotatable bonds is 3. The van der Waals surface area contributed by atoms with E-state index in [1.165, 1.54) is 9.80 Å². The van der Waals surface area contributed by atoms with Crippen LogP contribution in [0.4, 0.5) is 10.5 Å². The van der Waals surface area contributed by atoms with Crippen LogP contribution in [0.15, 0.2) is 42.5 Å². The van der Waals surface area contributed by atoms with E-state index >= 15 is 0 Å². The standard InChI is InChI=1S/C19H18N2O4/c1-12-3-6-15(7-4-12)21-13(2)18(22)20(19(21)23)10-14-5-8-16-17(9-14)25-11-24-16/h3-9,13H,10-11H2,1-2H3/t13-/m1/s1. The van der Waals surface area contributed by atoms with Gasteiger partial charge < -0.3 is 9.47 Å². The van der Waals surface area contributed by atoms with E-state index in [-0.39, 0.29) is 25.3 Å². The summed E-state index contributed by atoms with van der Waals surface area (Å²) in [5.41, 5.74) is 2.65. The molecule has 128 valence electrons. The van der Waals surface area contributed by atoms with Gasteiger partial charge in [-0.05, 0) is 43.7 Å². The second kappa shape index (κ2) is 5.81. The molecule has 0 saturated carbocycles. The molecule has 2 aromatic rings. The highest BCUT2D eigenvalue weighted by atomic mass is 16.7. The number of anilines is 1. The van der Waals surface area contributed by atoms with Gasteiger partial charge >= 0.3 is 6.03 Å². The van der Waals surface area contributed by atoms with E-state index in [2.05, 4.69) is 0 Å². The summed E-state index contributed by atoms with van der Waals surface area (Å²) in [6.07, 6.45) is 0. The Labute approximate surface area is 145 Å². The summed E-state index contributed by atoms with van der Waals surface area (Å²) >= 11 is 0. The van der Waals surface area contributed by atoms with Crippen LogP contribution >= 0.6 is 0 Å². The maximum Gasteiger partial charge on any atom is 0.332 e. The Bertz CT molecular complexity index is 847. The van der Waals surface area contributed by atoms with Gasteiger partial charge in [0.25, 0.3) is 5.91 Å². The van der Waals surface area contributed by atoms with Crippen molar-refractivity contribution in [3.63, 3.8) is 0 Å². The Morgan fingerprint density at radius 2 is 1.76 bits per heavy atom. The summed E-state index contributed by atoms with van der Waals surface area (Å²) in [5, 5.41) is 0. The molecular weight excluding hydrogens is 320 g/mol. The van der Waals surface area contributed by atoms with Gasteiger partial charge in [-0.1, -0.05) is 23.8 Å². The average Bonchev–Trinajstić information content (AvgIpc) is 3.15. The van der Waals surface area contributed by atoms with Gasteiger partial charge in [-0.2, -0.15) is 0 Å². The van der Waals surface area contributed by atoms with Gasteiger partial charge in [0.2, 0.25) is 6.79 Å². The third-order valence-electron chi connectivity index (χ3n) is 4.54. The number of carbonyl (C=O) groups is 2. The van der Waals surface area contributed by atoms with E-state index in [4.69, 9.17) is 9.47 Å². The van der Waals surface area contributed by atoms with E-state index in [0.717, 1.165) is 16.8 Å². The number of hydrogen-bond donors (Lipinski definition) is 0.